The molecule has 2 amide bonds. The van der Waals surface area contributed by atoms with Gasteiger partial charge in [0.1, 0.15) is 0 Å². The lowest BCUT2D eigenvalue weighted by molar-refractivity contribution is -0.145. The van der Waals surface area contributed by atoms with Crippen molar-refractivity contribution in [3.63, 3.8) is 0 Å². The normalized spacial score (nSPS) is 13.0. The topological polar surface area (TPSA) is 94.8 Å². The van der Waals surface area contributed by atoms with E-state index in [2.05, 4.69) is 41.4 Å². The van der Waals surface area contributed by atoms with Crippen molar-refractivity contribution < 1.29 is 14.1 Å². The van der Waals surface area contributed by atoms with Gasteiger partial charge in [0, 0.05) is 37.9 Å². The summed E-state index contributed by atoms with van der Waals surface area (Å²) in [6, 6.07) is 14.0. The molecule has 202 valence electrons. The van der Waals surface area contributed by atoms with Crippen molar-refractivity contribution in [2.75, 3.05) is 31.6 Å². The zero-order valence-electron chi connectivity index (χ0n) is 23.0. The molecule has 1 aromatic heterocycles. The van der Waals surface area contributed by atoms with Gasteiger partial charge in [-0.15, -0.1) is 0 Å². The van der Waals surface area contributed by atoms with Crippen molar-refractivity contribution in [2.24, 2.45) is 5.92 Å². The molecule has 1 N–H and O–H groups in total. The van der Waals surface area contributed by atoms with Crippen molar-refractivity contribution in [1.29, 1.82) is 0 Å². The van der Waals surface area contributed by atoms with Crippen LogP contribution in [-0.4, -0.2) is 58.7 Å². The third kappa shape index (κ3) is 6.77. The second-order valence-corrected chi connectivity index (χ2v) is 10.4. The lowest BCUT2D eigenvalue weighted by Crippen LogP contribution is -2.48. The van der Waals surface area contributed by atoms with Crippen LogP contribution in [0.5, 0.6) is 0 Å². The maximum atomic E-state index is 13.5. The molecule has 9 nitrogen and oxygen atoms in total. The van der Waals surface area contributed by atoms with Crippen LogP contribution in [0.25, 0.3) is 11.5 Å². The standard InChI is InChI=1S/C29H38N6O3/c1-20(2)9-8-14-30-27(36)18-34(26-15-23(13-12-21(26)3)29-31-22(4)32-38-29)19-28(37)33(5)35-16-24-10-6-7-11-25(24)17-35/h6-7,10-13,15,20H,8-9,14,16-19H2,1-5H3,(H,30,36). The van der Waals surface area contributed by atoms with Gasteiger partial charge in [-0.2, -0.15) is 4.98 Å². The number of fused-ring (bicyclic) bond motifs is 1. The highest BCUT2D eigenvalue weighted by molar-refractivity contribution is 5.87. The smallest absolute Gasteiger partial charge is 0.257 e. The first-order valence-corrected chi connectivity index (χ1v) is 13.2. The Kier molecular flexibility index (Phi) is 8.78. The average Bonchev–Trinajstić information content (AvgIpc) is 3.52. The Hall–Kier alpha value is -3.72. The van der Waals surface area contributed by atoms with E-state index in [1.54, 1.807) is 19.0 Å². The van der Waals surface area contributed by atoms with Crippen LogP contribution in [-0.2, 0) is 22.7 Å². The minimum atomic E-state index is -0.115. The van der Waals surface area contributed by atoms with Crippen molar-refractivity contribution in [2.45, 2.75) is 53.6 Å². The van der Waals surface area contributed by atoms with Crippen LogP contribution in [0.1, 0.15) is 49.2 Å². The molecule has 1 aliphatic rings. The molecule has 2 aromatic carbocycles. The highest BCUT2D eigenvalue weighted by atomic mass is 16.5. The van der Waals surface area contributed by atoms with Crippen LogP contribution in [0.15, 0.2) is 47.0 Å². The highest BCUT2D eigenvalue weighted by Gasteiger charge is 2.27. The molecule has 3 aromatic rings. The van der Waals surface area contributed by atoms with E-state index in [1.165, 1.54) is 11.1 Å². The number of aromatic nitrogens is 2. The number of carbonyl (C=O) groups excluding carboxylic acids is 2. The number of rotatable bonds is 11. The molecule has 0 spiro atoms. The number of benzene rings is 2. The number of anilines is 1. The summed E-state index contributed by atoms with van der Waals surface area (Å²) >= 11 is 0. The Balaban J connectivity index is 1.52. The van der Waals surface area contributed by atoms with Crippen molar-refractivity contribution in [1.82, 2.24) is 25.5 Å². The van der Waals surface area contributed by atoms with Crippen LogP contribution in [0.3, 0.4) is 0 Å². The molecule has 0 bridgehead atoms. The van der Waals surface area contributed by atoms with E-state index in [-0.39, 0.29) is 24.9 Å². The molecule has 4 rings (SSSR count). The van der Waals surface area contributed by atoms with Gasteiger partial charge in [0.05, 0.1) is 13.1 Å². The predicted octanol–water partition coefficient (Wildman–Crippen LogP) is 4.10. The van der Waals surface area contributed by atoms with Gasteiger partial charge in [-0.3, -0.25) is 14.6 Å². The lowest BCUT2D eigenvalue weighted by atomic mass is 10.1. The molecule has 0 fully saturated rings. The highest BCUT2D eigenvalue weighted by Crippen LogP contribution is 2.28. The molecule has 0 saturated heterocycles. The van der Waals surface area contributed by atoms with Gasteiger partial charge in [0.25, 0.3) is 11.8 Å². The van der Waals surface area contributed by atoms with Crippen molar-refractivity contribution in [3.8, 4) is 11.5 Å². The number of hydrogen-bond acceptors (Lipinski definition) is 7. The van der Waals surface area contributed by atoms with Gasteiger partial charge in [0.15, 0.2) is 5.82 Å². The molecule has 2 heterocycles. The van der Waals surface area contributed by atoms with Crippen molar-refractivity contribution >= 4 is 17.5 Å². The Morgan fingerprint density at radius 3 is 2.42 bits per heavy atom. The average molecular weight is 519 g/mol. The Labute approximate surface area is 224 Å². The fourth-order valence-electron chi connectivity index (χ4n) is 4.64. The van der Waals surface area contributed by atoms with Gasteiger partial charge >= 0.3 is 0 Å². The number of aryl methyl sites for hydroxylation is 2. The third-order valence-electron chi connectivity index (χ3n) is 6.87. The maximum Gasteiger partial charge on any atom is 0.257 e. The number of nitrogens with one attached hydrogen (secondary N) is 1. The summed E-state index contributed by atoms with van der Waals surface area (Å²) in [5.74, 6) is 1.33. The van der Waals surface area contributed by atoms with Crippen LogP contribution < -0.4 is 10.2 Å². The number of carbonyl (C=O) groups is 2. The molecule has 1 aliphatic heterocycles. The van der Waals surface area contributed by atoms with Crippen LogP contribution in [0.2, 0.25) is 0 Å². The van der Waals surface area contributed by atoms with E-state index in [1.807, 2.05) is 47.2 Å². The monoisotopic (exact) mass is 518 g/mol. The molecule has 0 radical (unpaired) electrons. The van der Waals surface area contributed by atoms with Gasteiger partial charge in [-0.1, -0.05) is 49.3 Å². The maximum absolute atomic E-state index is 13.5. The molecule has 0 aliphatic carbocycles. The van der Waals surface area contributed by atoms with E-state index in [0.29, 0.717) is 37.3 Å². The first-order chi connectivity index (χ1) is 18.2. The molecule has 0 saturated carbocycles. The summed E-state index contributed by atoms with van der Waals surface area (Å²) in [6.07, 6.45) is 1.97. The minimum Gasteiger partial charge on any atom is -0.355 e. The number of hydrazine groups is 1. The van der Waals surface area contributed by atoms with E-state index in [4.69, 9.17) is 4.52 Å². The number of amides is 2. The zero-order valence-corrected chi connectivity index (χ0v) is 23.0. The fourth-order valence-corrected chi connectivity index (χ4v) is 4.64. The van der Waals surface area contributed by atoms with E-state index < -0.39 is 0 Å². The SMILES string of the molecule is Cc1noc(-c2ccc(C)c(N(CC(=O)NCCCC(C)C)CC(=O)N(C)N3Cc4ccccc4C3)c2)n1. The summed E-state index contributed by atoms with van der Waals surface area (Å²) in [5.41, 5.74) is 4.92. The van der Waals surface area contributed by atoms with Crippen LogP contribution in [0, 0.1) is 19.8 Å². The first kappa shape index (κ1) is 27.3. The van der Waals surface area contributed by atoms with Crippen LogP contribution >= 0.6 is 0 Å². The van der Waals surface area contributed by atoms with Gasteiger partial charge in [-0.05, 0) is 61.4 Å². The second-order valence-electron chi connectivity index (χ2n) is 10.4. The Morgan fingerprint density at radius 1 is 1.08 bits per heavy atom. The Bertz CT molecular complexity index is 1250. The quantitative estimate of drug-likeness (QED) is 0.382. The number of nitrogens with zero attached hydrogens (tertiary/aromatic N) is 5. The second kappa shape index (κ2) is 12.2. The van der Waals surface area contributed by atoms with E-state index >= 15 is 0 Å². The predicted molar refractivity (Wildman–Crippen MR) is 147 cm³/mol. The molecular formula is C29H38N6O3. The Morgan fingerprint density at radius 2 is 1.79 bits per heavy atom. The largest absolute Gasteiger partial charge is 0.355 e. The summed E-state index contributed by atoms with van der Waals surface area (Å²) < 4.78 is 5.37. The summed E-state index contributed by atoms with van der Waals surface area (Å²) in [5, 5.41) is 10.6. The molecular weight excluding hydrogens is 480 g/mol. The number of hydrogen-bond donors (Lipinski definition) is 1. The van der Waals surface area contributed by atoms with Gasteiger partial charge in [0.2, 0.25) is 5.91 Å². The van der Waals surface area contributed by atoms with Crippen LogP contribution in [0.4, 0.5) is 5.69 Å². The molecule has 38 heavy (non-hydrogen) atoms. The van der Waals surface area contributed by atoms with E-state index in [9.17, 15) is 9.59 Å². The zero-order chi connectivity index (χ0) is 27.2. The lowest BCUT2D eigenvalue weighted by Gasteiger charge is -2.32. The van der Waals surface area contributed by atoms with Gasteiger partial charge < -0.3 is 14.7 Å². The number of likely N-dealkylation sites (N-methyl/N-ethyl adjacent to an activating group) is 1. The van der Waals surface area contributed by atoms with E-state index in [0.717, 1.165) is 29.7 Å². The fraction of sp³-hybridized carbons (Fsp3) is 0.448. The first-order valence-electron chi connectivity index (χ1n) is 13.2. The molecule has 0 atom stereocenters. The van der Waals surface area contributed by atoms with Crippen molar-refractivity contribution in [3.05, 3.63) is 65.0 Å². The molecule has 0 unspecified atom stereocenters. The minimum absolute atomic E-state index is 0.0515. The molecule has 9 heteroatoms. The van der Waals surface area contributed by atoms with Gasteiger partial charge in [-0.25, -0.2) is 5.01 Å². The summed E-state index contributed by atoms with van der Waals surface area (Å²) in [7, 11) is 1.79. The summed E-state index contributed by atoms with van der Waals surface area (Å²) in [4.78, 5) is 32.7. The summed E-state index contributed by atoms with van der Waals surface area (Å²) in [6.45, 7) is 10.2. The third-order valence-corrected chi connectivity index (χ3v) is 6.87.